The number of hydrogen-bond donors (Lipinski definition) is 5. The van der Waals surface area contributed by atoms with Crippen molar-refractivity contribution in [3.05, 3.63) is 70.5 Å². The lowest BCUT2D eigenvalue weighted by molar-refractivity contribution is -0.157. The highest BCUT2D eigenvalue weighted by Crippen LogP contribution is 2.51. The number of imidazole rings is 1. The number of nitrogen functional groups attached to an aromatic ring is 1. The third-order valence-corrected chi connectivity index (χ3v) is 11.5. The molecule has 1 aliphatic carbocycles. The van der Waals surface area contributed by atoms with E-state index in [0.29, 0.717) is 10.9 Å². The molecule has 5 rings (SSSR count). The van der Waals surface area contributed by atoms with Crippen LogP contribution in [-0.2, 0) is 46.2 Å². The highest BCUT2D eigenvalue weighted by atomic mass is 79.9. The van der Waals surface area contributed by atoms with Crippen molar-refractivity contribution in [1.82, 2.24) is 29.4 Å². The molecule has 1 fully saturated rings. The first-order chi connectivity index (χ1) is 26.7. The molecule has 0 aliphatic heterocycles. The third-order valence-electron chi connectivity index (χ3n) is 8.76. The number of aliphatic hydroxyl groups excluding tert-OH is 2. The lowest BCUT2D eigenvalue weighted by Gasteiger charge is -2.41. The van der Waals surface area contributed by atoms with Crippen LogP contribution in [0.15, 0.2) is 59.3 Å². The molecule has 2 aromatic heterocycles. The number of nitrogens with two attached hydrogens (primary N) is 1. The average molecular weight is 910 g/mol. The van der Waals surface area contributed by atoms with Gasteiger partial charge in [0.15, 0.2) is 17.0 Å². The van der Waals surface area contributed by atoms with Gasteiger partial charge in [-0.05, 0) is 56.5 Å². The molecule has 312 valence electrons. The Bertz CT molecular complexity index is 2200. The van der Waals surface area contributed by atoms with E-state index in [0.717, 1.165) is 17.3 Å². The number of benzene rings is 2. The van der Waals surface area contributed by atoms with Crippen LogP contribution in [0.4, 0.5) is 24.9 Å². The van der Waals surface area contributed by atoms with Crippen LogP contribution in [-0.4, -0.2) is 95.0 Å². The van der Waals surface area contributed by atoms with E-state index in [4.69, 9.17) is 24.3 Å². The number of esters is 1. The van der Waals surface area contributed by atoms with Gasteiger partial charge >= 0.3 is 19.9 Å². The first kappa shape index (κ1) is 44.2. The SMILES string of the molecule is C[C@@H](COC(COP(=O)(NC1(C(=O)OCc2ccccc2C(F)(F)F)CCC1)Oc1ccc(Br)cc1)[C@@H](O)CO)n1cnc2c(N(C)NS(C)(=O)=O)nc(N)nc21. The van der Waals surface area contributed by atoms with Gasteiger partial charge in [0.1, 0.15) is 30.1 Å². The first-order valence-electron chi connectivity index (χ1n) is 17.2. The maximum absolute atomic E-state index is 14.5. The van der Waals surface area contributed by atoms with E-state index in [-0.39, 0.29) is 53.7 Å². The molecule has 57 heavy (non-hydrogen) atoms. The quantitative estimate of drug-likeness (QED) is 0.0510. The first-order valence-corrected chi connectivity index (χ1v) is 21.4. The number of alkyl halides is 3. The molecule has 0 saturated heterocycles. The Kier molecular flexibility index (Phi) is 13.9. The summed E-state index contributed by atoms with van der Waals surface area (Å²) in [5.74, 6) is -1.06. The minimum absolute atomic E-state index is 0.0507. The van der Waals surface area contributed by atoms with E-state index < -0.39 is 79.1 Å². The van der Waals surface area contributed by atoms with Gasteiger partial charge in [-0.1, -0.05) is 34.1 Å². The minimum atomic E-state index is -4.69. The Morgan fingerprint density at radius 1 is 1.16 bits per heavy atom. The van der Waals surface area contributed by atoms with Crippen molar-refractivity contribution in [2.24, 2.45) is 0 Å². The molecule has 0 bridgehead atoms. The van der Waals surface area contributed by atoms with Gasteiger partial charge in [-0.15, -0.1) is 4.83 Å². The summed E-state index contributed by atoms with van der Waals surface area (Å²) in [6.07, 6.45) is -4.64. The molecule has 0 radical (unpaired) electrons. The Labute approximate surface area is 333 Å². The maximum Gasteiger partial charge on any atom is 0.459 e. The Morgan fingerprint density at radius 2 is 1.84 bits per heavy atom. The number of carbonyl (C=O) groups is 1. The molecule has 0 spiro atoms. The van der Waals surface area contributed by atoms with Gasteiger partial charge in [-0.25, -0.2) is 18.0 Å². The highest BCUT2D eigenvalue weighted by molar-refractivity contribution is 9.10. The summed E-state index contributed by atoms with van der Waals surface area (Å²) in [6.45, 7) is -0.666. The third kappa shape index (κ3) is 11.2. The fourth-order valence-corrected chi connectivity index (χ4v) is 8.34. The monoisotopic (exact) mass is 908 g/mol. The number of aliphatic hydroxyl groups is 2. The zero-order valence-electron chi connectivity index (χ0n) is 30.7. The zero-order chi connectivity index (χ0) is 41.8. The van der Waals surface area contributed by atoms with Crippen molar-refractivity contribution in [3.63, 3.8) is 0 Å². The van der Waals surface area contributed by atoms with Gasteiger partial charge in [-0.2, -0.15) is 28.2 Å². The van der Waals surface area contributed by atoms with Crippen LogP contribution >= 0.6 is 23.7 Å². The number of rotatable bonds is 19. The number of aromatic nitrogens is 4. The fourth-order valence-electron chi connectivity index (χ4n) is 5.74. The second-order valence-corrected chi connectivity index (χ2v) is 17.5. The Hall–Kier alpha value is -3.93. The van der Waals surface area contributed by atoms with E-state index in [2.05, 4.69) is 40.8 Å². The molecule has 6 N–H and O–H groups in total. The van der Waals surface area contributed by atoms with E-state index in [1.54, 1.807) is 23.6 Å². The van der Waals surface area contributed by atoms with Crippen molar-refractivity contribution in [3.8, 4) is 5.75 Å². The molecular formula is C33H41BrF3N8O10PS. The van der Waals surface area contributed by atoms with Gasteiger partial charge in [0.05, 0.1) is 44.0 Å². The second-order valence-electron chi connectivity index (χ2n) is 13.2. The van der Waals surface area contributed by atoms with Crippen LogP contribution in [0.25, 0.3) is 11.2 Å². The normalized spacial score (nSPS) is 16.9. The highest BCUT2D eigenvalue weighted by Gasteiger charge is 2.52. The van der Waals surface area contributed by atoms with Crippen molar-refractivity contribution in [2.75, 3.05) is 43.9 Å². The largest absolute Gasteiger partial charge is 0.459 e. The number of carbonyl (C=O) groups excluding carboxylic acids is 1. The van der Waals surface area contributed by atoms with Gasteiger partial charge in [0, 0.05) is 17.1 Å². The molecule has 24 heteroatoms. The Morgan fingerprint density at radius 3 is 2.46 bits per heavy atom. The molecule has 0 amide bonds. The van der Waals surface area contributed by atoms with Gasteiger partial charge < -0.3 is 34.5 Å². The summed E-state index contributed by atoms with van der Waals surface area (Å²) in [6, 6.07) is 10.2. The van der Waals surface area contributed by atoms with Crippen LogP contribution in [0.3, 0.4) is 0 Å². The number of halogens is 4. The smallest absolute Gasteiger partial charge is 0.459 e. The number of sulfonamides is 1. The van der Waals surface area contributed by atoms with E-state index in [1.807, 2.05) is 0 Å². The topological polar surface area (TPSA) is 243 Å². The second kappa shape index (κ2) is 17.9. The van der Waals surface area contributed by atoms with Crippen LogP contribution < -0.4 is 25.2 Å². The molecule has 2 unspecified atom stereocenters. The van der Waals surface area contributed by atoms with Gasteiger partial charge in [0.25, 0.3) is 0 Å². The molecular weight excluding hydrogens is 868 g/mol. The average Bonchev–Trinajstić information content (AvgIpc) is 3.55. The summed E-state index contributed by atoms with van der Waals surface area (Å²) in [7, 11) is -6.90. The molecule has 2 heterocycles. The standard InChI is InChI=1S/C33H41BrF3N8O10PS/c1-20(45-19-39-27-28(40-31(38)41-29(27)45)44(2)43-57(3,50)51)16-52-26(25(47)15-46)18-54-56(49,55-23-11-9-22(34)10-12-23)42-32(13-6-14-32)30(48)53-17-21-7-4-5-8-24(21)33(35,36)37/h4-5,7-12,19-20,25-26,43,46-47H,6,13-18H2,1-3H3,(H,42,49)(H2,38,40,41)/t20-,25-,26?,56?/m0/s1. The number of ether oxygens (including phenoxy) is 2. The summed E-state index contributed by atoms with van der Waals surface area (Å²) in [5, 5.41) is 24.4. The summed E-state index contributed by atoms with van der Waals surface area (Å²) < 4.78 is 104. The minimum Gasteiger partial charge on any atom is -0.459 e. The number of hydrazine groups is 1. The maximum atomic E-state index is 14.5. The summed E-state index contributed by atoms with van der Waals surface area (Å²) >= 11 is 3.30. The zero-order valence-corrected chi connectivity index (χ0v) is 34.0. The summed E-state index contributed by atoms with van der Waals surface area (Å²) in [4.78, 5) is 28.4. The van der Waals surface area contributed by atoms with E-state index in [9.17, 15) is 41.2 Å². The van der Waals surface area contributed by atoms with Gasteiger partial charge in [-0.3, -0.25) is 14.3 Å². The number of nitrogens with one attached hydrogen (secondary N) is 2. The van der Waals surface area contributed by atoms with Crippen molar-refractivity contribution in [2.45, 2.75) is 62.8 Å². The predicted molar refractivity (Wildman–Crippen MR) is 203 cm³/mol. The molecule has 4 aromatic rings. The molecule has 4 atom stereocenters. The number of anilines is 2. The van der Waals surface area contributed by atoms with Crippen molar-refractivity contribution >= 4 is 62.6 Å². The molecule has 1 saturated carbocycles. The number of nitrogens with zero attached hydrogens (tertiary/aromatic N) is 5. The van der Waals surface area contributed by atoms with Crippen LogP contribution in [0, 0.1) is 0 Å². The van der Waals surface area contributed by atoms with Crippen LogP contribution in [0.5, 0.6) is 5.75 Å². The van der Waals surface area contributed by atoms with Crippen molar-refractivity contribution < 1.29 is 59.7 Å². The lowest BCUT2D eigenvalue weighted by atomic mass is 9.78. The van der Waals surface area contributed by atoms with Crippen LogP contribution in [0.2, 0.25) is 0 Å². The van der Waals surface area contributed by atoms with Crippen molar-refractivity contribution in [1.29, 1.82) is 0 Å². The van der Waals surface area contributed by atoms with Crippen LogP contribution in [0.1, 0.15) is 43.4 Å². The predicted octanol–water partition coefficient (Wildman–Crippen LogP) is 3.85. The molecule has 1 aliphatic rings. The van der Waals surface area contributed by atoms with E-state index in [1.165, 1.54) is 43.7 Å². The molecule has 18 nitrogen and oxygen atoms in total. The summed E-state index contributed by atoms with van der Waals surface area (Å²) in [5.41, 5.74) is 3.41. The van der Waals surface area contributed by atoms with E-state index >= 15 is 0 Å². The Balaban J connectivity index is 1.34. The fraction of sp³-hybridized carbons (Fsp3) is 0.455. The number of hydrogen-bond acceptors (Lipinski definition) is 15. The molecule has 2 aromatic carbocycles. The lowest BCUT2D eigenvalue weighted by Crippen LogP contribution is -2.57. The number of fused-ring (bicyclic) bond motifs is 1. The van der Waals surface area contributed by atoms with Gasteiger partial charge in [0.2, 0.25) is 16.0 Å².